The molecule has 3 atom stereocenters. The van der Waals surface area contributed by atoms with E-state index in [2.05, 4.69) is 0 Å². The first-order chi connectivity index (χ1) is 7.73. The minimum Gasteiger partial charge on any atom is -0.323 e. The molecule has 0 bridgehead atoms. The van der Waals surface area contributed by atoms with Crippen molar-refractivity contribution < 1.29 is 17.2 Å². The fraction of sp³-hybridized carbons (Fsp3) is 0.455. The molecule has 0 saturated heterocycles. The second-order valence-electron chi connectivity index (χ2n) is 4.00. The summed E-state index contributed by atoms with van der Waals surface area (Å²) in [5, 5.41) is 0. The summed E-state index contributed by atoms with van der Waals surface area (Å²) in [5.41, 5.74) is 5.52. The first-order valence-electron chi connectivity index (χ1n) is 5.07. The van der Waals surface area contributed by atoms with Gasteiger partial charge in [-0.05, 0) is 24.6 Å². The number of nitrogens with two attached hydrogens (primary N) is 1. The van der Waals surface area contributed by atoms with Crippen molar-refractivity contribution >= 4 is 9.84 Å². The summed E-state index contributed by atoms with van der Waals surface area (Å²) in [7, 11) is -3.31. The molecule has 0 amide bonds. The van der Waals surface area contributed by atoms with Crippen LogP contribution in [0.5, 0.6) is 0 Å². The zero-order valence-electron chi connectivity index (χ0n) is 9.60. The minimum absolute atomic E-state index is 0.0929. The third-order valence-corrected chi connectivity index (χ3v) is 3.62. The molecule has 3 nitrogen and oxygen atoms in total. The normalized spacial score (nSPS) is 17.5. The van der Waals surface area contributed by atoms with Crippen LogP contribution in [-0.2, 0) is 9.84 Å². The lowest BCUT2D eigenvalue weighted by molar-refractivity contribution is 0.196. The van der Waals surface area contributed by atoms with Gasteiger partial charge in [0.05, 0.1) is 10.9 Å². The Morgan fingerprint density at radius 3 is 2.00 bits per heavy atom. The number of hydrogen-bond donors (Lipinski definition) is 1. The van der Waals surface area contributed by atoms with Gasteiger partial charge in [0.25, 0.3) is 0 Å². The molecule has 0 aliphatic rings. The summed E-state index contributed by atoms with van der Waals surface area (Å²) in [5.74, 6) is 0. The molecule has 0 aliphatic carbocycles. The number of rotatable bonds is 4. The largest absolute Gasteiger partial charge is 0.323 e. The fourth-order valence-electron chi connectivity index (χ4n) is 1.35. The first kappa shape index (κ1) is 14.1. The number of alkyl halides is 2. The maximum atomic E-state index is 13.7. The Labute approximate surface area is 99.6 Å². The lowest BCUT2D eigenvalue weighted by Crippen LogP contribution is -2.34. The maximum absolute atomic E-state index is 13.7. The molecular weight excluding hydrogens is 248 g/mol. The van der Waals surface area contributed by atoms with Gasteiger partial charge < -0.3 is 5.73 Å². The van der Waals surface area contributed by atoms with Crippen molar-refractivity contribution in [1.29, 1.82) is 0 Å². The third kappa shape index (κ3) is 3.47. The minimum atomic E-state index is -3.31. The van der Waals surface area contributed by atoms with Gasteiger partial charge in [-0.2, -0.15) is 0 Å². The first-order valence-corrected chi connectivity index (χ1v) is 6.96. The standard InChI is InChI=1S/C11H15F2NO2S/c1-7(12)11(14)10(13)8-3-5-9(6-4-8)17(2,15)16/h3-7,10-11H,14H2,1-2H3/t7-,10+,11+/m1/s1. The molecule has 0 spiro atoms. The predicted molar refractivity (Wildman–Crippen MR) is 61.9 cm³/mol. The van der Waals surface area contributed by atoms with Crippen LogP contribution in [-0.4, -0.2) is 26.9 Å². The highest BCUT2D eigenvalue weighted by Gasteiger charge is 2.24. The van der Waals surface area contributed by atoms with Crippen LogP contribution in [0.15, 0.2) is 29.2 Å². The number of halogens is 2. The van der Waals surface area contributed by atoms with E-state index in [4.69, 9.17) is 5.73 Å². The Kier molecular flexibility index (Phi) is 4.21. The zero-order chi connectivity index (χ0) is 13.2. The molecule has 1 aromatic carbocycles. The molecule has 0 saturated carbocycles. The third-order valence-electron chi connectivity index (χ3n) is 2.49. The monoisotopic (exact) mass is 263 g/mol. The molecule has 0 unspecified atom stereocenters. The second kappa shape index (κ2) is 5.10. The van der Waals surface area contributed by atoms with E-state index in [1.807, 2.05) is 0 Å². The quantitative estimate of drug-likeness (QED) is 0.900. The molecule has 17 heavy (non-hydrogen) atoms. The number of sulfone groups is 1. The summed E-state index contributed by atoms with van der Waals surface area (Å²) in [4.78, 5) is 0.0929. The van der Waals surface area contributed by atoms with E-state index in [0.29, 0.717) is 0 Å². The average molecular weight is 263 g/mol. The number of benzene rings is 1. The van der Waals surface area contributed by atoms with E-state index in [9.17, 15) is 17.2 Å². The highest BCUT2D eigenvalue weighted by molar-refractivity contribution is 7.90. The number of hydrogen-bond acceptors (Lipinski definition) is 3. The van der Waals surface area contributed by atoms with Crippen molar-refractivity contribution in [2.75, 3.05) is 6.26 Å². The molecular formula is C11H15F2NO2S. The lowest BCUT2D eigenvalue weighted by Gasteiger charge is -2.18. The van der Waals surface area contributed by atoms with Crippen LogP contribution < -0.4 is 5.73 Å². The van der Waals surface area contributed by atoms with Gasteiger partial charge in [-0.25, -0.2) is 17.2 Å². The molecule has 0 aromatic heterocycles. The van der Waals surface area contributed by atoms with Gasteiger partial charge in [-0.1, -0.05) is 12.1 Å². The second-order valence-corrected chi connectivity index (χ2v) is 6.01. The van der Waals surface area contributed by atoms with Crippen LogP contribution >= 0.6 is 0 Å². The molecule has 0 aliphatic heterocycles. The molecule has 1 rings (SSSR count). The molecule has 1 aromatic rings. The van der Waals surface area contributed by atoms with Crippen molar-refractivity contribution in [2.45, 2.75) is 30.2 Å². The van der Waals surface area contributed by atoms with Crippen LogP contribution in [0.1, 0.15) is 18.7 Å². The van der Waals surface area contributed by atoms with E-state index in [-0.39, 0.29) is 10.5 Å². The summed E-state index contributed by atoms with van der Waals surface area (Å²) >= 11 is 0. The van der Waals surface area contributed by atoms with Gasteiger partial charge in [0, 0.05) is 6.26 Å². The SMILES string of the molecule is C[C@@H](F)[C@H](N)[C@@H](F)c1ccc(S(C)(=O)=O)cc1. The van der Waals surface area contributed by atoms with Crippen molar-refractivity contribution in [3.05, 3.63) is 29.8 Å². The van der Waals surface area contributed by atoms with Gasteiger partial charge in [-0.15, -0.1) is 0 Å². The lowest BCUT2D eigenvalue weighted by atomic mass is 10.0. The Balaban J connectivity index is 2.96. The highest BCUT2D eigenvalue weighted by Crippen LogP contribution is 2.24. The van der Waals surface area contributed by atoms with E-state index in [1.165, 1.54) is 31.2 Å². The van der Waals surface area contributed by atoms with Crippen molar-refractivity contribution in [1.82, 2.24) is 0 Å². The smallest absolute Gasteiger partial charge is 0.175 e. The van der Waals surface area contributed by atoms with Gasteiger partial charge in [0.2, 0.25) is 0 Å². The highest BCUT2D eigenvalue weighted by atomic mass is 32.2. The van der Waals surface area contributed by atoms with Crippen LogP contribution in [0, 0.1) is 0 Å². The van der Waals surface area contributed by atoms with Crippen molar-refractivity contribution in [2.24, 2.45) is 5.73 Å². The zero-order valence-corrected chi connectivity index (χ0v) is 10.4. The molecule has 2 N–H and O–H groups in total. The molecule has 0 fully saturated rings. The summed E-state index contributed by atoms with van der Waals surface area (Å²) < 4.78 is 48.9. The van der Waals surface area contributed by atoms with Gasteiger partial charge in [0.15, 0.2) is 9.84 Å². The molecule has 0 radical (unpaired) electrons. The Hall–Kier alpha value is -1.01. The fourth-order valence-corrected chi connectivity index (χ4v) is 1.98. The molecule has 6 heteroatoms. The van der Waals surface area contributed by atoms with E-state index < -0.39 is 28.2 Å². The van der Waals surface area contributed by atoms with E-state index in [0.717, 1.165) is 6.26 Å². The van der Waals surface area contributed by atoms with Crippen molar-refractivity contribution in [3.63, 3.8) is 0 Å². The molecule has 0 heterocycles. The van der Waals surface area contributed by atoms with Crippen LogP contribution in [0.2, 0.25) is 0 Å². The summed E-state index contributed by atoms with van der Waals surface area (Å²) in [6.45, 7) is 1.18. The van der Waals surface area contributed by atoms with Gasteiger partial charge in [0.1, 0.15) is 12.3 Å². The van der Waals surface area contributed by atoms with Crippen LogP contribution in [0.3, 0.4) is 0 Å². The molecule has 96 valence electrons. The van der Waals surface area contributed by atoms with Crippen LogP contribution in [0.25, 0.3) is 0 Å². The Morgan fingerprint density at radius 2 is 1.65 bits per heavy atom. The van der Waals surface area contributed by atoms with Crippen LogP contribution in [0.4, 0.5) is 8.78 Å². The summed E-state index contributed by atoms with van der Waals surface area (Å²) in [6, 6.07) is 3.94. The topological polar surface area (TPSA) is 60.2 Å². The summed E-state index contributed by atoms with van der Waals surface area (Å²) in [6.07, 6.45) is -2.06. The maximum Gasteiger partial charge on any atom is 0.175 e. The van der Waals surface area contributed by atoms with Crippen molar-refractivity contribution in [3.8, 4) is 0 Å². The van der Waals surface area contributed by atoms with E-state index >= 15 is 0 Å². The average Bonchev–Trinajstić information content (AvgIpc) is 2.26. The predicted octanol–water partition coefficient (Wildman–Crippen LogP) is 1.79. The Bertz CT molecular complexity index is 471. The van der Waals surface area contributed by atoms with E-state index in [1.54, 1.807) is 0 Å². The van der Waals surface area contributed by atoms with Gasteiger partial charge >= 0.3 is 0 Å². The Morgan fingerprint density at radius 1 is 1.18 bits per heavy atom. The van der Waals surface area contributed by atoms with Gasteiger partial charge in [-0.3, -0.25) is 0 Å².